The quantitative estimate of drug-likeness (QED) is 0.587. The van der Waals surface area contributed by atoms with Crippen LogP contribution in [0, 0.1) is 0 Å². The molecule has 11 heteroatoms. The molecule has 178 valence electrons. The smallest absolute Gasteiger partial charge is 0.420 e. The van der Waals surface area contributed by atoms with Crippen LogP contribution in [0.5, 0.6) is 0 Å². The van der Waals surface area contributed by atoms with Gasteiger partial charge in [-0.05, 0) is 37.0 Å². The summed E-state index contributed by atoms with van der Waals surface area (Å²) in [5.74, 6) is -0.202. The molecule has 1 aliphatic carbocycles. The van der Waals surface area contributed by atoms with E-state index in [-0.39, 0.29) is 23.7 Å². The fraction of sp³-hybridized carbons (Fsp3) is 0.348. The van der Waals surface area contributed by atoms with E-state index in [0.717, 1.165) is 17.4 Å². The van der Waals surface area contributed by atoms with Crippen LogP contribution < -0.4 is 10.2 Å². The number of fused-ring (bicyclic) bond motifs is 3. The number of nitrogens with zero attached hydrogens (tertiary/aromatic N) is 2. The first-order chi connectivity index (χ1) is 16.2. The number of nitrogens with one attached hydrogen (secondary N) is 2. The van der Waals surface area contributed by atoms with E-state index in [4.69, 9.17) is 9.15 Å². The number of anilines is 1. The van der Waals surface area contributed by atoms with Crippen molar-refractivity contribution in [2.24, 2.45) is 0 Å². The maximum Gasteiger partial charge on any atom is 0.420 e. The number of ether oxygens (including phenoxy) is 1. The molecule has 0 saturated carbocycles. The van der Waals surface area contributed by atoms with Gasteiger partial charge >= 0.3 is 12.3 Å². The largest absolute Gasteiger partial charge is 0.471 e. The molecule has 2 aromatic heterocycles. The van der Waals surface area contributed by atoms with Crippen molar-refractivity contribution in [3.63, 3.8) is 0 Å². The number of hydrogen-bond acceptors (Lipinski definition) is 5. The molecule has 1 aromatic carbocycles. The number of aromatic amines is 1. The Morgan fingerprint density at radius 2 is 2.09 bits per heavy atom. The molecule has 3 heterocycles. The monoisotopic (exact) mass is 474 g/mol. The minimum absolute atomic E-state index is 0.0879. The van der Waals surface area contributed by atoms with Gasteiger partial charge in [-0.15, -0.1) is 0 Å². The molecule has 34 heavy (non-hydrogen) atoms. The number of aryl methyl sites for hydroxylation is 1. The zero-order chi connectivity index (χ0) is 24.0. The van der Waals surface area contributed by atoms with Crippen molar-refractivity contribution >= 4 is 17.7 Å². The highest BCUT2D eigenvalue weighted by atomic mass is 19.4. The van der Waals surface area contributed by atoms with Gasteiger partial charge in [-0.1, -0.05) is 6.07 Å². The number of benzene rings is 1. The Morgan fingerprint density at radius 3 is 2.85 bits per heavy atom. The van der Waals surface area contributed by atoms with Gasteiger partial charge in [0.15, 0.2) is 0 Å². The summed E-state index contributed by atoms with van der Waals surface area (Å²) in [6.07, 6.45) is -1.80. The van der Waals surface area contributed by atoms with Gasteiger partial charge < -0.3 is 14.5 Å². The van der Waals surface area contributed by atoms with Crippen LogP contribution >= 0.6 is 0 Å². The molecule has 1 atom stereocenters. The molecular formula is C23H21F3N4O4. The summed E-state index contributed by atoms with van der Waals surface area (Å²) in [5.41, 5.74) is 3.09. The number of hydrogen-bond donors (Lipinski definition) is 2. The normalized spacial score (nSPS) is 17.7. The van der Waals surface area contributed by atoms with E-state index in [2.05, 4.69) is 15.5 Å². The number of furan rings is 1. The van der Waals surface area contributed by atoms with Crippen LogP contribution in [0.4, 0.5) is 23.7 Å². The maximum absolute atomic E-state index is 13.4. The number of amides is 2. The molecule has 2 N–H and O–H groups in total. The Bertz CT molecular complexity index is 1260. The van der Waals surface area contributed by atoms with E-state index >= 15 is 0 Å². The predicted octanol–water partition coefficient (Wildman–Crippen LogP) is 4.31. The lowest BCUT2D eigenvalue weighted by Crippen LogP contribution is -2.33. The number of halogens is 3. The summed E-state index contributed by atoms with van der Waals surface area (Å²) >= 11 is 0. The Labute approximate surface area is 192 Å². The summed E-state index contributed by atoms with van der Waals surface area (Å²) in [6, 6.07) is 5.51. The first-order valence-electron chi connectivity index (χ1n) is 10.8. The number of carbonyl (C=O) groups excluding carboxylic acids is 2. The van der Waals surface area contributed by atoms with Gasteiger partial charge in [0.2, 0.25) is 5.91 Å². The van der Waals surface area contributed by atoms with E-state index in [1.165, 1.54) is 11.8 Å². The topological polar surface area (TPSA) is 100 Å². The van der Waals surface area contributed by atoms with Crippen LogP contribution in [-0.4, -0.2) is 41.4 Å². The van der Waals surface area contributed by atoms with Crippen molar-refractivity contribution in [3.05, 3.63) is 47.4 Å². The fourth-order valence-corrected chi connectivity index (χ4v) is 4.50. The number of H-pyrrole nitrogens is 1. The molecule has 8 nitrogen and oxygen atoms in total. The molecule has 1 aliphatic heterocycles. The Balaban J connectivity index is 1.45. The highest BCUT2D eigenvalue weighted by Crippen LogP contribution is 2.42. The molecule has 5 rings (SSSR count). The molecule has 3 aromatic rings. The van der Waals surface area contributed by atoms with E-state index < -0.39 is 23.9 Å². The Hall–Kier alpha value is -3.76. The Morgan fingerprint density at radius 1 is 1.26 bits per heavy atom. The van der Waals surface area contributed by atoms with Gasteiger partial charge in [0.25, 0.3) is 0 Å². The molecule has 1 saturated heterocycles. The van der Waals surface area contributed by atoms with Crippen LogP contribution in [-0.2, 0) is 28.5 Å². The highest BCUT2D eigenvalue weighted by molar-refractivity contribution is 5.91. The van der Waals surface area contributed by atoms with Crippen molar-refractivity contribution in [2.45, 2.75) is 38.5 Å². The minimum atomic E-state index is -4.55. The van der Waals surface area contributed by atoms with Gasteiger partial charge in [-0.3, -0.25) is 14.8 Å². The second kappa shape index (κ2) is 8.23. The van der Waals surface area contributed by atoms with Crippen molar-refractivity contribution in [1.29, 1.82) is 0 Å². The van der Waals surface area contributed by atoms with E-state index in [0.29, 0.717) is 49.0 Å². The first kappa shape index (κ1) is 22.1. The summed E-state index contributed by atoms with van der Waals surface area (Å²) in [5, 5.41) is 9.77. The third-order valence-corrected chi connectivity index (χ3v) is 6.09. The van der Waals surface area contributed by atoms with Gasteiger partial charge in [-0.25, -0.2) is 4.79 Å². The zero-order valence-electron chi connectivity index (χ0n) is 18.2. The summed E-state index contributed by atoms with van der Waals surface area (Å²) in [6.45, 7) is 1.93. The van der Waals surface area contributed by atoms with Crippen LogP contribution in [0.15, 0.2) is 35.1 Å². The van der Waals surface area contributed by atoms with Crippen molar-refractivity contribution in [1.82, 2.24) is 15.5 Å². The molecular weight excluding hydrogens is 453 g/mol. The predicted molar refractivity (Wildman–Crippen MR) is 115 cm³/mol. The van der Waals surface area contributed by atoms with Crippen LogP contribution in [0.25, 0.3) is 22.5 Å². The van der Waals surface area contributed by atoms with Gasteiger partial charge in [-0.2, -0.15) is 18.3 Å². The number of aromatic nitrogens is 2. The van der Waals surface area contributed by atoms with Crippen LogP contribution in [0.2, 0.25) is 0 Å². The second-order valence-electron chi connectivity index (χ2n) is 8.37. The minimum Gasteiger partial charge on any atom is -0.471 e. The molecule has 0 radical (unpaired) electrons. The van der Waals surface area contributed by atoms with Gasteiger partial charge in [0, 0.05) is 23.7 Å². The third-order valence-electron chi connectivity index (χ3n) is 6.09. The summed E-state index contributed by atoms with van der Waals surface area (Å²) in [4.78, 5) is 25.0. The molecule has 0 bridgehead atoms. The third kappa shape index (κ3) is 3.91. The fourth-order valence-electron chi connectivity index (χ4n) is 4.50. The summed E-state index contributed by atoms with van der Waals surface area (Å²) in [7, 11) is 0. The molecule has 2 aliphatic rings. The maximum atomic E-state index is 13.4. The average molecular weight is 474 g/mol. The average Bonchev–Trinajstić information content (AvgIpc) is 3.48. The molecule has 0 unspecified atom stereocenters. The lowest BCUT2D eigenvalue weighted by Gasteiger charge is -2.16. The molecule has 2 amide bonds. The first-order valence-corrected chi connectivity index (χ1v) is 10.8. The van der Waals surface area contributed by atoms with Gasteiger partial charge in [0.05, 0.1) is 30.0 Å². The van der Waals surface area contributed by atoms with Crippen LogP contribution in [0.3, 0.4) is 0 Å². The van der Waals surface area contributed by atoms with Crippen molar-refractivity contribution < 1.29 is 31.9 Å². The zero-order valence-corrected chi connectivity index (χ0v) is 18.2. The lowest BCUT2D eigenvalue weighted by molar-refractivity contribution is -0.137. The number of rotatable bonds is 4. The lowest BCUT2D eigenvalue weighted by atomic mass is 9.99. The molecule has 1 fully saturated rings. The van der Waals surface area contributed by atoms with Gasteiger partial charge in [0.1, 0.15) is 24.2 Å². The van der Waals surface area contributed by atoms with Crippen LogP contribution in [0.1, 0.15) is 30.0 Å². The molecule has 0 spiro atoms. The van der Waals surface area contributed by atoms with E-state index in [9.17, 15) is 22.8 Å². The Kier molecular flexibility index (Phi) is 5.34. The van der Waals surface area contributed by atoms with E-state index in [1.807, 2.05) is 12.1 Å². The van der Waals surface area contributed by atoms with E-state index in [1.54, 1.807) is 6.07 Å². The SMILES string of the molecule is CC(=O)NC[C@H]1CN(c2ccc3c(c2)CCCc2c(-c4cocc4C(F)(F)F)n[nH]c2-3)C(=O)O1. The number of carbonyl (C=O) groups is 2. The number of alkyl halides is 3. The second-order valence-corrected chi connectivity index (χ2v) is 8.37. The summed E-state index contributed by atoms with van der Waals surface area (Å²) < 4.78 is 50.4. The highest BCUT2D eigenvalue weighted by Gasteiger charge is 2.37. The van der Waals surface area contributed by atoms with Crippen molar-refractivity contribution in [2.75, 3.05) is 18.0 Å². The number of cyclic esters (lactones) is 1. The van der Waals surface area contributed by atoms with Crippen molar-refractivity contribution in [3.8, 4) is 22.5 Å². The standard InChI is InChI=1S/C23H21F3N4O4/c1-12(31)27-8-15-9-30(22(32)34-15)14-5-6-16-13(7-14)3-2-4-17-20(16)28-29-21(17)18-10-33-11-19(18)23(24,25)26/h5-7,10-11,15H,2-4,8-9H2,1H3,(H,27,31)(H,28,29)/t15-/m0/s1.